The van der Waals surface area contributed by atoms with Gasteiger partial charge in [-0.15, -0.1) is 0 Å². The highest BCUT2D eigenvalue weighted by Gasteiger charge is 2.22. The zero-order valence-electron chi connectivity index (χ0n) is 10.4. The van der Waals surface area contributed by atoms with E-state index in [-0.39, 0.29) is 21.3 Å². The summed E-state index contributed by atoms with van der Waals surface area (Å²) in [6, 6.07) is 5.68. The van der Waals surface area contributed by atoms with Crippen molar-refractivity contribution in [3.63, 3.8) is 0 Å². The molecule has 0 bridgehead atoms. The molecule has 20 heavy (non-hydrogen) atoms. The highest BCUT2D eigenvalue weighted by molar-refractivity contribution is 7.93. The van der Waals surface area contributed by atoms with Gasteiger partial charge in [-0.05, 0) is 12.1 Å². The average molecular weight is 316 g/mol. The number of rotatable bonds is 4. The summed E-state index contributed by atoms with van der Waals surface area (Å²) >= 11 is 0. The van der Waals surface area contributed by atoms with E-state index in [2.05, 4.69) is 14.9 Å². The molecule has 10 heteroatoms. The normalized spacial score (nSPS) is 12.2. The van der Waals surface area contributed by atoms with Gasteiger partial charge in [0.25, 0.3) is 10.0 Å². The van der Waals surface area contributed by atoms with Gasteiger partial charge in [-0.3, -0.25) is 9.82 Å². The molecule has 2 aromatic rings. The summed E-state index contributed by atoms with van der Waals surface area (Å²) in [4.78, 5) is -0.369. The molecule has 1 aromatic carbocycles. The SMILES string of the molecule is CS(=O)(=O)c1ccccc1NS(=O)(=O)c1cn[nH]c1N. The third-order valence-electron chi connectivity index (χ3n) is 2.45. The predicted octanol–water partition coefficient (Wildman–Crippen LogP) is 0.196. The van der Waals surface area contributed by atoms with Gasteiger partial charge in [0, 0.05) is 6.26 Å². The fourth-order valence-electron chi connectivity index (χ4n) is 1.57. The monoisotopic (exact) mass is 316 g/mol. The van der Waals surface area contributed by atoms with Gasteiger partial charge in [0.15, 0.2) is 9.84 Å². The van der Waals surface area contributed by atoms with Crippen molar-refractivity contribution in [2.75, 3.05) is 16.7 Å². The van der Waals surface area contributed by atoms with Crippen LogP contribution in [0.1, 0.15) is 0 Å². The van der Waals surface area contributed by atoms with Crippen molar-refractivity contribution in [3.8, 4) is 0 Å². The zero-order chi connectivity index (χ0) is 15.0. The van der Waals surface area contributed by atoms with Gasteiger partial charge in [0.1, 0.15) is 10.7 Å². The minimum Gasteiger partial charge on any atom is -0.383 e. The van der Waals surface area contributed by atoms with Crippen molar-refractivity contribution < 1.29 is 16.8 Å². The summed E-state index contributed by atoms with van der Waals surface area (Å²) in [6.07, 6.45) is 2.03. The first-order valence-electron chi connectivity index (χ1n) is 5.32. The molecule has 0 atom stereocenters. The lowest BCUT2D eigenvalue weighted by atomic mass is 10.3. The number of aromatic nitrogens is 2. The highest BCUT2D eigenvalue weighted by Crippen LogP contribution is 2.25. The molecular formula is C10H12N4O4S2. The Labute approximate surface area is 116 Å². The molecule has 1 heterocycles. The van der Waals surface area contributed by atoms with E-state index in [1.807, 2.05) is 0 Å². The molecule has 0 aliphatic carbocycles. The molecule has 0 unspecified atom stereocenters. The van der Waals surface area contributed by atoms with Crippen molar-refractivity contribution in [1.82, 2.24) is 10.2 Å². The van der Waals surface area contributed by atoms with E-state index in [0.717, 1.165) is 12.5 Å². The van der Waals surface area contributed by atoms with Crippen LogP contribution in [0.2, 0.25) is 0 Å². The van der Waals surface area contributed by atoms with Crippen LogP contribution < -0.4 is 10.5 Å². The second kappa shape index (κ2) is 4.80. The molecule has 8 nitrogen and oxygen atoms in total. The van der Waals surface area contributed by atoms with Gasteiger partial charge in [0.2, 0.25) is 0 Å². The fraction of sp³-hybridized carbons (Fsp3) is 0.100. The van der Waals surface area contributed by atoms with E-state index in [1.54, 1.807) is 0 Å². The van der Waals surface area contributed by atoms with Gasteiger partial charge < -0.3 is 5.73 Å². The van der Waals surface area contributed by atoms with Crippen LogP contribution in [0, 0.1) is 0 Å². The topological polar surface area (TPSA) is 135 Å². The molecule has 0 amide bonds. The van der Waals surface area contributed by atoms with Crippen LogP contribution >= 0.6 is 0 Å². The lowest BCUT2D eigenvalue weighted by Gasteiger charge is -2.10. The third kappa shape index (κ3) is 2.75. The second-order valence-corrected chi connectivity index (χ2v) is 7.66. The van der Waals surface area contributed by atoms with Gasteiger partial charge in [-0.1, -0.05) is 12.1 Å². The maximum absolute atomic E-state index is 12.1. The van der Waals surface area contributed by atoms with Crippen molar-refractivity contribution in [2.45, 2.75) is 9.79 Å². The number of sulfone groups is 1. The van der Waals surface area contributed by atoms with Gasteiger partial charge in [-0.25, -0.2) is 16.8 Å². The molecule has 0 aliphatic rings. The first-order valence-corrected chi connectivity index (χ1v) is 8.70. The first kappa shape index (κ1) is 14.3. The van der Waals surface area contributed by atoms with E-state index < -0.39 is 19.9 Å². The molecule has 0 fully saturated rings. The number of hydrogen-bond acceptors (Lipinski definition) is 6. The summed E-state index contributed by atoms with van der Waals surface area (Å²) in [7, 11) is -7.58. The van der Waals surface area contributed by atoms with Crippen molar-refractivity contribution in [1.29, 1.82) is 0 Å². The number of anilines is 2. The average Bonchev–Trinajstić information content (AvgIpc) is 2.75. The Balaban J connectivity index is 2.49. The smallest absolute Gasteiger partial charge is 0.267 e. The van der Waals surface area contributed by atoms with Crippen LogP contribution in [-0.4, -0.2) is 33.3 Å². The van der Waals surface area contributed by atoms with Crippen LogP contribution in [0.4, 0.5) is 11.5 Å². The van der Waals surface area contributed by atoms with E-state index in [1.165, 1.54) is 24.3 Å². The molecule has 108 valence electrons. The molecule has 4 N–H and O–H groups in total. The van der Waals surface area contributed by atoms with E-state index >= 15 is 0 Å². The highest BCUT2D eigenvalue weighted by atomic mass is 32.2. The minimum absolute atomic E-state index is 0.0457. The lowest BCUT2D eigenvalue weighted by Crippen LogP contribution is -2.16. The number of para-hydroxylation sites is 1. The third-order valence-corrected chi connectivity index (χ3v) is 5.00. The largest absolute Gasteiger partial charge is 0.383 e. The Hall–Kier alpha value is -2.07. The number of nitrogen functional groups attached to an aromatic ring is 1. The van der Waals surface area contributed by atoms with E-state index in [0.29, 0.717) is 0 Å². The Morgan fingerprint density at radius 1 is 1.15 bits per heavy atom. The molecule has 2 rings (SSSR count). The number of nitrogens with one attached hydrogen (secondary N) is 2. The summed E-state index contributed by atoms with van der Waals surface area (Å²) in [5.41, 5.74) is 5.40. The summed E-state index contributed by atoms with van der Waals surface area (Å²) < 4.78 is 49.7. The number of hydrogen-bond donors (Lipinski definition) is 3. The number of nitrogens with two attached hydrogens (primary N) is 1. The molecule has 0 aliphatic heterocycles. The van der Waals surface area contributed by atoms with Crippen LogP contribution in [0.15, 0.2) is 40.3 Å². The zero-order valence-corrected chi connectivity index (χ0v) is 12.0. The first-order chi connectivity index (χ1) is 9.22. The van der Waals surface area contributed by atoms with E-state index in [4.69, 9.17) is 5.73 Å². The quantitative estimate of drug-likeness (QED) is 0.737. The molecule has 0 saturated carbocycles. The molecule has 0 saturated heterocycles. The second-order valence-electron chi connectivity index (χ2n) is 4.02. The maximum Gasteiger partial charge on any atom is 0.267 e. The molecular weight excluding hydrogens is 304 g/mol. The molecule has 0 radical (unpaired) electrons. The number of aromatic amines is 1. The number of benzene rings is 1. The van der Waals surface area contributed by atoms with Crippen molar-refractivity contribution in [3.05, 3.63) is 30.5 Å². The van der Waals surface area contributed by atoms with Crippen molar-refractivity contribution in [2.24, 2.45) is 0 Å². The summed E-state index contributed by atoms with van der Waals surface area (Å²) in [5.74, 6) is -0.130. The van der Waals surface area contributed by atoms with Crippen LogP contribution in [0.5, 0.6) is 0 Å². The van der Waals surface area contributed by atoms with Crippen LogP contribution in [0.25, 0.3) is 0 Å². The standard InChI is InChI=1S/C10H12N4O4S2/c1-19(15,16)8-5-3-2-4-7(8)14-20(17,18)9-6-12-13-10(9)11/h2-6,14H,1H3,(H3,11,12,13). The minimum atomic E-state index is -4.02. The maximum atomic E-state index is 12.1. The Kier molecular flexibility index (Phi) is 3.44. The van der Waals surface area contributed by atoms with E-state index in [9.17, 15) is 16.8 Å². The van der Waals surface area contributed by atoms with Gasteiger partial charge >= 0.3 is 0 Å². The number of sulfonamides is 1. The van der Waals surface area contributed by atoms with Crippen LogP contribution in [-0.2, 0) is 19.9 Å². The number of H-pyrrole nitrogens is 1. The van der Waals surface area contributed by atoms with Crippen molar-refractivity contribution >= 4 is 31.4 Å². The van der Waals surface area contributed by atoms with Crippen LogP contribution in [0.3, 0.4) is 0 Å². The Morgan fingerprint density at radius 2 is 1.80 bits per heavy atom. The lowest BCUT2D eigenvalue weighted by molar-refractivity contribution is 0.601. The van der Waals surface area contributed by atoms with Gasteiger partial charge in [0.05, 0.1) is 16.8 Å². The molecule has 1 aromatic heterocycles. The summed E-state index contributed by atoms with van der Waals surface area (Å²) in [6.45, 7) is 0. The predicted molar refractivity (Wildman–Crippen MR) is 73.4 cm³/mol. The summed E-state index contributed by atoms with van der Waals surface area (Å²) in [5, 5.41) is 5.81. The molecule has 0 spiro atoms. The Bertz CT molecular complexity index is 840. The fourth-order valence-corrected chi connectivity index (χ4v) is 3.59. The van der Waals surface area contributed by atoms with Gasteiger partial charge in [-0.2, -0.15) is 5.10 Å². The Morgan fingerprint density at radius 3 is 2.35 bits per heavy atom. The number of nitrogens with zero attached hydrogens (tertiary/aromatic N) is 1.